The Labute approximate surface area is 161 Å². The van der Waals surface area contributed by atoms with Crippen molar-refractivity contribution >= 4 is 24.3 Å². The molecule has 2 aliphatic rings. The van der Waals surface area contributed by atoms with Gasteiger partial charge in [0.05, 0.1) is 11.2 Å². The smallest absolute Gasteiger partial charge is 0.399 e. The van der Waals surface area contributed by atoms with Gasteiger partial charge in [0.1, 0.15) is 0 Å². The summed E-state index contributed by atoms with van der Waals surface area (Å²) in [5.41, 5.74) is 0.816. The highest BCUT2D eigenvalue weighted by Gasteiger charge is 2.55. The molecule has 0 N–H and O–H groups in total. The molecule has 1 fully saturated rings. The highest BCUT2D eigenvalue weighted by atomic mass is 16.7. The number of hydrogen-bond donors (Lipinski definition) is 0. The first-order valence-electron chi connectivity index (χ1n) is 9.63. The fraction of sp³-hybridized carbons (Fsp3) is 0.455. The molecule has 0 atom stereocenters. The lowest BCUT2D eigenvalue weighted by molar-refractivity contribution is -0.114. The lowest BCUT2D eigenvalue weighted by Gasteiger charge is -2.32. The lowest BCUT2D eigenvalue weighted by Crippen LogP contribution is -2.41. The second-order valence-electron chi connectivity index (χ2n) is 8.21. The molecule has 0 unspecified atom stereocenters. The second-order valence-corrected chi connectivity index (χ2v) is 8.21. The number of unbranched alkanes of at least 4 members (excludes halogenated alkanes) is 1. The monoisotopic (exact) mass is 366 g/mol. The van der Waals surface area contributed by atoms with Crippen LogP contribution in [0.5, 0.6) is 0 Å². The van der Waals surface area contributed by atoms with E-state index in [1.807, 2.05) is 58.0 Å². The van der Waals surface area contributed by atoms with Crippen LogP contribution in [-0.4, -0.2) is 29.9 Å². The minimum absolute atomic E-state index is 0.139. The van der Waals surface area contributed by atoms with Crippen LogP contribution >= 0.6 is 0 Å². The number of hydrogen-bond acceptors (Lipinski definition) is 4. The fourth-order valence-electron chi connectivity index (χ4n) is 3.36. The Hall–Kier alpha value is -1.98. The molecule has 3 rings (SSSR count). The van der Waals surface area contributed by atoms with E-state index in [2.05, 4.69) is 6.92 Å². The Balaban J connectivity index is 2.10. The molecular formula is C22H27BO4. The topological polar surface area (TPSA) is 52.6 Å². The number of carbonyl (C=O) groups excluding carboxylic acids is 2. The van der Waals surface area contributed by atoms with Crippen LogP contribution in [0.3, 0.4) is 0 Å². The molecule has 0 bridgehead atoms. The summed E-state index contributed by atoms with van der Waals surface area (Å²) in [6.45, 7) is 9.84. The summed E-state index contributed by atoms with van der Waals surface area (Å²) in [5.74, 6) is -0.294. The van der Waals surface area contributed by atoms with Crippen molar-refractivity contribution < 1.29 is 18.9 Å². The van der Waals surface area contributed by atoms with Gasteiger partial charge in [-0.25, -0.2) is 0 Å². The maximum absolute atomic E-state index is 13.3. The van der Waals surface area contributed by atoms with Crippen LogP contribution in [0.15, 0.2) is 47.5 Å². The highest BCUT2D eigenvalue weighted by molar-refractivity contribution is 6.68. The Bertz CT molecular complexity index is 802. The summed E-state index contributed by atoms with van der Waals surface area (Å²) in [6.07, 6.45) is 3.91. The summed E-state index contributed by atoms with van der Waals surface area (Å²) in [6, 6.07) is 9.29. The van der Waals surface area contributed by atoms with Gasteiger partial charge in [-0.15, -0.1) is 0 Å². The number of allylic oxidation sites excluding steroid dienone is 4. The molecule has 1 aromatic carbocycles. The van der Waals surface area contributed by atoms with Gasteiger partial charge in [-0.1, -0.05) is 43.7 Å². The summed E-state index contributed by atoms with van der Waals surface area (Å²) in [4.78, 5) is 26.3. The number of carbonyl (C=O) groups is 2. The van der Waals surface area contributed by atoms with E-state index in [1.54, 1.807) is 0 Å². The number of rotatable bonds is 5. The molecule has 5 heteroatoms. The van der Waals surface area contributed by atoms with Gasteiger partial charge in [-0.3, -0.25) is 9.59 Å². The predicted octanol–water partition coefficient (Wildman–Crippen LogP) is 4.34. The first kappa shape index (κ1) is 19.8. The maximum Gasteiger partial charge on any atom is 0.499 e. The highest BCUT2D eigenvalue weighted by Crippen LogP contribution is 2.42. The van der Waals surface area contributed by atoms with Crippen LogP contribution in [0.25, 0.3) is 5.57 Å². The summed E-state index contributed by atoms with van der Waals surface area (Å²) >= 11 is 0. The van der Waals surface area contributed by atoms with Gasteiger partial charge < -0.3 is 9.31 Å². The van der Waals surface area contributed by atoms with Crippen molar-refractivity contribution in [2.45, 2.75) is 65.1 Å². The zero-order chi connectivity index (χ0) is 19.8. The first-order valence-corrected chi connectivity index (χ1v) is 9.63. The summed E-state index contributed by atoms with van der Waals surface area (Å²) in [5, 5.41) is 0. The van der Waals surface area contributed by atoms with Crippen molar-refractivity contribution in [1.29, 1.82) is 0 Å². The molecular weight excluding hydrogens is 339 g/mol. The molecule has 1 aliphatic heterocycles. The van der Waals surface area contributed by atoms with E-state index in [9.17, 15) is 9.59 Å². The van der Waals surface area contributed by atoms with Gasteiger partial charge in [0, 0.05) is 16.6 Å². The normalized spacial score (nSPS) is 21.7. The maximum atomic E-state index is 13.3. The van der Waals surface area contributed by atoms with Crippen LogP contribution in [0.2, 0.25) is 0 Å². The Morgan fingerprint density at radius 2 is 1.56 bits per heavy atom. The van der Waals surface area contributed by atoms with Crippen LogP contribution in [0, 0.1) is 0 Å². The molecule has 0 saturated carbocycles. The number of ketones is 2. The van der Waals surface area contributed by atoms with E-state index in [-0.39, 0.29) is 11.6 Å². The molecule has 1 aromatic rings. The van der Waals surface area contributed by atoms with E-state index in [0.29, 0.717) is 28.6 Å². The zero-order valence-corrected chi connectivity index (χ0v) is 16.8. The molecule has 27 heavy (non-hydrogen) atoms. The number of benzene rings is 1. The van der Waals surface area contributed by atoms with Gasteiger partial charge >= 0.3 is 7.12 Å². The number of Topliss-reactive ketones (excluding diaryl/α,β-unsaturated/α-hetero) is 1. The van der Waals surface area contributed by atoms with Crippen molar-refractivity contribution in [3.8, 4) is 0 Å². The molecule has 142 valence electrons. The Morgan fingerprint density at radius 3 is 2.11 bits per heavy atom. The molecule has 1 saturated heterocycles. The Kier molecular flexibility index (Phi) is 5.28. The third-order valence-corrected chi connectivity index (χ3v) is 5.71. The van der Waals surface area contributed by atoms with Crippen LogP contribution in [-0.2, 0) is 18.9 Å². The Morgan fingerprint density at radius 1 is 0.963 bits per heavy atom. The van der Waals surface area contributed by atoms with E-state index >= 15 is 0 Å². The van der Waals surface area contributed by atoms with Crippen molar-refractivity contribution in [1.82, 2.24) is 0 Å². The third kappa shape index (κ3) is 3.58. The van der Waals surface area contributed by atoms with E-state index in [0.717, 1.165) is 12.8 Å². The molecule has 1 heterocycles. The predicted molar refractivity (Wildman–Crippen MR) is 107 cm³/mol. The average Bonchev–Trinajstić information content (AvgIpc) is 2.83. The van der Waals surface area contributed by atoms with E-state index < -0.39 is 18.3 Å². The molecule has 0 aromatic heterocycles. The summed E-state index contributed by atoms with van der Waals surface area (Å²) in [7, 11) is -0.855. The molecule has 0 amide bonds. The van der Waals surface area contributed by atoms with Crippen LogP contribution in [0.1, 0.15) is 59.4 Å². The third-order valence-electron chi connectivity index (χ3n) is 5.71. The molecule has 0 radical (unpaired) electrons. The zero-order valence-electron chi connectivity index (χ0n) is 16.8. The first-order chi connectivity index (χ1) is 12.7. The SMILES string of the molecule is CCCCC1=CC(=O)C(c2ccccc2)=C(B2OC(C)(C)C(C)(C)O2)C1=O. The van der Waals surface area contributed by atoms with Gasteiger partial charge in [0.15, 0.2) is 11.6 Å². The second kappa shape index (κ2) is 7.21. The van der Waals surface area contributed by atoms with Crippen LogP contribution < -0.4 is 0 Å². The van der Waals surface area contributed by atoms with Crippen LogP contribution in [0.4, 0.5) is 0 Å². The quantitative estimate of drug-likeness (QED) is 0.575. The van der Waals surface area contributed by atoms with Crippen molar-refractivity contribution in [2.75, 3.05) is 0 Å². The van der Waals surface area contributed by atoms with Gasteiger partial charge in [0.25, 0.3) is 0 Å². The van der Waals surface area contributed by atoms with E-state index in [1.165, 1.54) is 6.08 Å². The lowest BCUT2D eigenvalue weighted by atomic mass is 9.66. The minimum Gasteiger partial charge on any atom is -0.399 e. The van der Waals surface area contributed by atoms with Crippen molar-refractivity contribution in [3.63, 3.8) is 0 Å². The van der Waals surface area contributed by atoms with Gasteiger partial charge in [0.2, 0.25) is 0 Å². The average molecular weight is 366 g/mol. The molecule has 1 aliphatic carbocycles. The van der Waals surface area contributed by atoms with Crippen molar-refractivity contribution in [3.05, 3.63) is 53.0 Å². The van der Waals surface area contributed by atoms with Gasteiger partial charge in [-0.05, 0) is 52.2 Å². The molecule has 0 spiro atoms. The standard InChI is InChI=1S/C22H27BO4/c1-6-7-11-16-14-17(24)18(15-12-9-8-10-13-15)19(20(16)25)23-26-21(2,3)22(4,5)27-23/h8-10,12-14H,6-7,11H2,1-5H3. The van der Waals surface area contributed by atoms with E-state index in [4.69, 9.17) is 9.31 Å². The van der Waals surface area contributed by atoms with Gasteiger partial charge in [-0.2, -0.15) is 0 Å². The van der Waals surface area contributed by atoms with Crippen molar-refractivity contribution in [2.24, 2.45) is 0 Å². The summed E-state index contributed by atoms with van der Waals surface area (Å²) < 4.78 is 12.3. The molecule has 4 nitrogen and oxygen atoms in total. The fourth-order valence-corrected chi connectivity index (χ4v) is 3.36. The minimum atomic E-state index is -0.855. The largest absolute Gasteiger partial charge is 0.499 e.